The number of nitrogens with one attached hydrogen (secondary N) is 1. The molecule has 2 heterocycles. The van der Waals surface area contributed by atoms with Gasteiger partial charge < -0.3 is 5.32 Å². The van der Waals surface area contributed by atoms with Crippen LogP contribution in [0.1, 0.15) is 10.7 Å². The first-order valence-electron chi connectivity index (χ1n) is 4.99. The van der Waals surface area contributed by atoms with Crippen LogP contribution < -0.4 is 5.32 Å². The Hall–Kier alpha value is -2.19. The molecular weight excluding hydrogens is 232 g/mol. The van der Waals surface area contributed by atoms with E-state index in [1.807, 2.05) is 24.4 Å². The summed E-state index contributed by atoms with van der Waals surface area (Å²) in [5.41, 5.74) is 2.34. The van der Waals surface area contributed by atoms with E-state index in [0.717, 1.165) is 16.4 Å². The van der Waals surface area contributed by atoms with E-state index < -0.39 is 0 Å². The Morgan fingerprint density at radius 2 is 2.24 bits per heavy atom. The lowest BCUT2D eigenvalue weighted by molar-refractivity contribution is 1.24. The molecule has 84 valence electrons. The van der Waals surface area contributed by atoms with Gasteiger partial charge in [0.1, 0.15) is 16.6 Å². The van der Waals surface area contributed by atoms with Crippen LogP contribution in [0.15, 0.2) is 36.1 Å². The van der Waals surface area contributed by atoms with Gasteiger partial charge in [-0.15, -0.1) is 11.3 Å². The molecule has 2 rings (SSSR count). The van der Waals surface area contributed by atoms with Gasteiger partial charge in [0.15, 0.2) is 0 Å². The van der Waals surface area contributed by atoms with Gasteiger partial charge in [-0.25, -0.2) is 4.98 Å². The first-order chi connectivity index (χ1) is 8.29. The molecule has 2 aromatic heterocycles. The van der Waals surface area contributed by atoms with E-state index >= 15 is 0 Å². The van der Waals surface area contributed by atoms with Crippen molar-refractivity contribution in [2.24, 2.45) is 0 Å². The zero-order valence-electron chi connectivity index (χ0n) is 9.21. The Kier molecular flexibility index (Phi) is 3.48. The largest absolute Gasteiger partial charge is 0.360 e. The van der Waals surface area contributed by atoms with Gasteiger partial charge in [0.05, 0.1) is 0 Å². The Bertz CT molecular complexity index is 566. The van der Waals surface area contributed by atoms with Crippen molar-refractivity contribution in [1.82, 2.24) is 9.97 Å². The molecule has 0 aliphatic carbocycles. The summed E-state index contributed by atoms with van der Waals surface area (Å²) in [7, 11) is 0. The maximum absolute atomic E-state index is 9.06. The van der Waals surface area contributed by atoms with Gasteiger partial charge in [0.2, 0.25) is 0 Å². The molecule has 0 unspecified atom stereocenters. The van der Waals surface area contributed by atoms with Gasteiger partial charge in [-0.2, -0.15) is 5.26 Å². The zero-order chi connectivity index (χ0) is 12.1. The van der Waals surface area contributed by atoms with Crippen LogP contribution in [0.3, 0.4) is 0 Å². The fourth-order valence-electron chi connectivity index (χ4n) is 1.22. The zero-order valence-corrected chi connectivity index (χ0v) is 10.0. The van der Waals surface area contributed by atoms with E-state index in [2.05, 4.69) is 21.4 Å². The van der Waals surface area contributed by atoms with Crippen LogP contribution in [-0.4, -0.2) is 9.97 Å². The number of rotatable bonds is 3. The molecule has 0 aliphatic heterocycles. The summed E-state index contributed by atoms with van der Waals surface area (Å²) in [5, 5.41) is 14.8. The molecule has 0 aliphatic rings. The number of aryl methyl sites for hydroxylation is 1. The van der Waals surface area contributed by atoms with Crippen LogP contribution in [0.25, 0.3) is 5.57 Å². The molecule has 4 nitrogen and oxygen atoms in total. The van der Waals surface area contributed by atoms with Crippen LogP contribution in [0, 0.1) is 18.3 Å². The number of aromatic nitrogens is 2. The minimum Gasteiger partial charge on any atom is -0.360 e. The topological polar surface area (TPSA) is 61.6 Å². The number of anilines is 1. The van der Waals surface area contributed by atoms with E-state index in [1.54, 1.807) is 18.6 Å². The third-order valence-electron chi connectivity index (χ3n) is 2.03. The van der Waals surface area contributed by atoms with E-state index in [1.165, 1.54) is 11.3 Å². The second-order valence-corrected chi connectivity index (χ2v) is 4.20. The van der Waals surface area contributed by atoms with Crippen LogP contribution in [-0.2, 0) is 0 Å². The molecule has 0 radical (unpaired) electrons. The van der Waals surface area contributed by atoms with Crippen molar-refractivity contribution in [3.05, 3.63) is 46.8 Å². The molecule has 0 bridgehead atoms. The fourth-order valence-corrected chi connectivity index (χ4v) is 1.99. The van der Waals surface area contributed by atoms with Crippen molar-refractivity contribution in [2.75, 3.05) is 5.32 Å². The van der Waals surface area contributed by atoms with Crippen LogP contribution in [0.2, 0.25) is 0 Å². The average molecular weight is 242 g/mol. The number of allylic oxidation sites excluding steroid dienone is 1. The number of nitriles is 1. The average Bonchev–Trinajstić information content (AvgIpc) is 2.78. The summed E-state index contributed by atoms with van der Waals surface area (Å²) in [6, 6.07) is 5.80. The van der Waals surface area contributed by atoms with E-state index in [4.69, 9.17) is 5.26 Å². The Morgan fingerprint density at radius 1 is 1.47 bits per heavy atom. The maximum Gasteiger partial charge on any atom is 0.135 e. The smallest absolute Gasteiger partial charge is 0.135 e. The number of thiazole rings is 1. The summed E-state index contributed by atoms with van der Waals surface area (Å²) < 4.78 is 0. The lowest BCUT2D eigenvalue weighted by Crippen LogP contribution is -1.90. The molecule has 0 saturated heterocycles. The highest BCUT2D eigenvalue weighted by Crippen LogP contribution is 2.18. The monoisotopic (exact) mass is 242 g/mol. The van der Waals surface area contributed by atoms with Gasteiger partial charge in [0.25, 0.3) is 0 Å². The molecule has 0 aromatic carbocycles. The van der Waals surface area contributed by atoms with Gasteiger partial charge in [-0.1, -0.05) is 0 Å². The molecule has 2 aromatic rings. The van der Waals surface area contributed by atoms with Crippen molar-refractivity contribution in [3.8, 4) is 6.07 Å². The fraction of sp³-hybridized carbons (Fsp3) is 0.0833. The molecule has 0 saturated carbocycles. The van der Waals surface area contributed by atoms with Crippen LogP contribution in [0.4, 0.5) is 5.69 Å². The van der Waals surface area contributed by atoms with Gasteiger partial charge in [0, 0.05) is 35.4 Å². The predicted molar refractivity (Wildman–Crippen MR) is 68.3 cm³/mol. The van der Waals surface area contributed by atoms with Crippen LogP contribution in [0.5, 0.6) is 0 Å². The van der Waals surface area contributed by atoms with Crippen molar-refractivity contribution in [1.29, 1.82) is 5.26 Å². The Labute approximate surface area is 103 Å². The molecule has 0 amide bonds. The highest BCUT2D eigenvalue weighted by atomic mass is 32.1. The van der Waals surface area contributed by atoms with E-state index in [9.17, 15) is 0 Å². The number of hydrogen-bond donors (Lipinski definition) is 1. The van der Waals surface area contributed by atoms with Crippen LogP contribution >= 0.6 is 11.3 Å². The summed E-state index contributed by atoms with van der Waals surface area (Å²) in [6.45, 7) is 1.91. The standard InChI is InChI=1S/C12H10N4S/c1-9-8-17-12(16-9)10(6-13)7-15-11-2-4-14-5-3-11/h2-5,7-8H,1H3,(H,14,15)/b10-7+. The summed E-state index contributed by atoms with van der Waals surface area (Å²) >= 11 is 1.46. The Morgan fingerprint density at radius 3 is 2.82 bits per heavy atom. The van der Waals surface area contributed by atoms with Gasteiger partial charge in [-0.05, 0) is 19.1 Å². The number of hydrogen-bond acceptors (Lipinski definition) is 5. The van der Waals surface area contributed by atoms with E-state index in [-0.39, 0.29) is 0 Å². The lowest BCUT2D eigenvalue weighted by Gasteiger charge is -1.99. The summed E-state index contributed by atoms with van der Waals surface area (Å²) in [5.74, 6) is 0. The number of pyridine rings is 1. The van der Waals surface area contributed by atoms with Gasteiger partial charge in [-0.3, -0.25) is 4.98 Å². The minimum atomic E-state index is 0.528. The van der Waals surface area contributed by atoms with Crippen molar-refractivity contribution >= 4 is 22.6 Å². The van der Waals surface area contributed by atoms with Crippen molar-refractivity contribution in [2.45, 2.75) is 6.92 Å². The SMILES string of the molecule is Cc1csc(/C(C#N)=C/Nc2ccncc2)n1. The third-order valence-corrected chi connectivity index (χ3v) is 3.03. The highest BCUT2D eigenvalue weighted by molar-refractivity contribution is 7.10. The Balaban J connectivity index is 2.17. The second kappa shape index (κ2) is 5.23. The second-order valence-electron chi connectivity index (χ2n) is 3.34. The normalized spacial score (nSPS) is 10.9. The van der Waals surface area contributed by atoms with E-state index in [0.29, 0.717) is 5.57 Å². The van der Waals surface area contributed by atoms with Crippen molar-refractivity contribution < 1.29 is 0 Å². The predicted octanol–water partition coefficient (Wildman–Crippen LogP) is 2.82. The molecule has 1 N–H and O–H groups in total. The highest BCUT2D eigenvalue weighted by Gasteiger charge is 2.04. The first-order valence-corrected chi connectivity index (χ1v) is 5.87. The third kappa shape index (κ3) is 2.89. The molecule has 0 atom stereocenters. The van der Waals surface area contributed by atoms with Crippen molar-refractivity contribution in [3.63, 3.8) is 0 Å². The first kappa shape index (κ1) is 11.3. The molecular formula is C12H10N4S. The number of nitrogens with zero attached hydrogens (tertiary/aromatic N) is 3. The minimum absolute atomic E-state index is 0.528. The summed E-state index contributed by atoms with van der Waals surface area (Å²) in [4.78, 5) is 8.19. The molecule has 17 heavy (non-hydrogen) atoms. The summed E-state index contributed by atoms with van der Waals surface area (Å²) in [6.07, 6.45) is 5.04. The molecule has 0 fully saturated rings. The lowest BCUT2D eigenvalue weighted by atomic mass is 10.3. The van der Waals surface area contributed by atoms with Gasteiger partial charge >= 0.3 is 0 Å². The molecule has 0 spiro atoms. The maximum atomic E-state index is 9.06. The quantitative estimate of drug-likeness (QED) is 0.841. The molecule has 5 heteroatoms.